The Morgan fingerprint density at radius 2 is 1.86 bits per heavy atom. The maximum absolute atomic E-state index is 12.4. The van der Waals surface area contributed by atoms with E-state index in [1.807, 2.05) is 18.2 Å². The van der Waals surface area contributed by atoms with Gasteiger partial charge in [0.2, 0.25) is 0 Å². The molecule has 2 aromatic carbocycles. The summed E-state index contributed by atoms with van der Waals surface area (Å²) in [6.45, 7) is 0. The van der Waals surface area contributed by atoms with Crippen LogP contribution < -0.4 is 5.32 Å². The van der Waals surface area contributed by atoms with Gasteiger partial charge in [0, 0.05) is 21.3 Å². The van der Waals surface area contributed by atoms with Gasteiger partial charge >= 0.3 is 0 Å². The lowest BCUT2D eigenvalue weighted by Crippen LogP contribution is -2.35. The molecule has 2 aromatic rings. The summed E-state index contributed by atoms with van der Waals surface area (Å²) in [7, 11) is 0. The third kappa shape index (κ3) is 2.52. The summed E-state index contributed by atoms with van der Waals surface area (Å²) in [6.07, 6.45) is -0.0719. The Kier molecular flexibility index (Phi) is 3.65. The van der Waals surface area contributed by atoms with E-state index < -0.39 is 5.60 Å². The average Bonchev–Trinajstić information content (AvgIpc) is 2.71. The molecule has 1 aliphatic rings. The van der Waals surface area contributed by atoms with Crippen molar-refractivity contribution in [1.29, 1.82) is 0 Å². The predicted molar refractivity (Wildman–Crippen MR) is 89.6 cm³/mol. The highest BCUT2D eigenvalue weighted by Gasteiger charge is 2.43. The molecule has 1 atom stereocenters. The average molecular weight is 362 g/mol. The minimum Gasteiger partial charge on any atom is -0.377 e. The highest BCUT2D eigenvalue weighted by Crippen LogP contribution is 2.39. The quantitative estimate of drug-likeness (QED) is 0.646. The van der Waals surface area contributed by atoms with E-state index in [4.69, 9.17) is 12.2 Å². The molecule has 0 amide bonds. The van der Waals surface area contributed by atoms with Crippen LogP contribution in [-0.2, 0) is 5.60 Å². The molecule has 0 bridgehead atoms. The summed E-state index contributed by atoms with van der Waals surface area (Å²) in [5.41, 5.74) is 0.531. The van der Waals surface area contributed by atoms with Gasteiger partial charge in [0.25, 0.3) is 0 Å². The van der Waals surface area contributed by atoms with Crippen LogP contribution >= 0.6 is 28.1 Å². The van der Waals surface area contributed by atoms with Crippen molar-refractivity contribution in [2.75, 3.05) is 5.32 Å². The lowest BCUT2D eigenvalue weighted by atomic mass is 9.88. The molecule has 3 nitrogen and oxygen atoms in total. The van der Waals surface area contributed by atoms with Gasteiger partial charge in [-0.2, -0.15) is 0 Å². The first-order chi connectivity index (χ1) is 10.0. The molecule has 0 spiro atoms. The maximum atomic E-state index is 12.4. The van der Waals surface area contributed by atoms with Gasteiger partial charge in [-0.15, -0.1) is 0 Å². The fourth-order valence-corrected chi connectivity index (χ4v) is 3.00. The van der Waals surface area contributed by atoms with Crippen molar-refractivity contribution in [3.05, 3.63) is 64.1 Å². The van der Waals surface area contributed by atoms with E-state index in [-0.39, 0.29) is 17.2 Å². The molecule has 0 aliphatic carbocycles. The van der Waals surface area contributed by atoms with Gasteiger partial charge in [-0.3, -0.25) is 4.79 Å². The number of anilines is 1. The molecule has 0 aromatic heterocycles. The summed E-state index contributed by atoms with van der Waals surface area (Å²) in [5, 5.41) is 13.8. The number of thiocarbonyl (C=S) groups is 1. The Morgan fingerprint density at radius 3 is 2.57 bits per heavy atom. The molecule has 21 heavy (non-hydrogen) atoms. The third-order valence-electron chi connectivity index (χ3n) is 3.58. The second-order valence-electron chi connectivity index (χ2n) is 4.97. The number of aliphatic hydroxyl groups is 1. The summed E-state index contributed by atoms with van der Waals surface area (Å²) in [5.74, 6) is -0.147. The number of benzene rings is 2. The monoisotopic (exact) mass is 361 g/mol. The van der Waals surface area contributed by atoms with E-state index >= 15 is 0 Å². The van der Waals surface area contributed by atoms with E-state index in [1.54, 1.807) is 30.3 Å². The highest BCUT2D eigenvalue weighted by molar-refractivity contribution is 9.10. The minimum atomic E-state index is -1.43. The van der Waals surface area contributed by atoms with Crippen LogP contribution in [0.3, 0.4) is 0 Å². The summed E-state index contributed by atoms with van der Waals surface area (Å²) < 4.78 is 0.904. The van der Waals surface area contributed by atoms with Gasteiger partial charge in [-0.05, 0) is 18.2 Å². The topological polar surface area (TPSA) is 49.3 Å². The van der Waals surface area contributed by atoms with Crippen molar-refractivity contribution < 1.29 is 9.90 Å². The van der Waals surface area contributed by atoms with E-state index in [1.165, 1.54) is 0 Å². The van der Waals surface area contributed by atoms with Gasteiger partial charge < -0.3 is 10.4 Å². The predicted octanol–water partition coefficient (Wildman–Crippen LogP) is 3.66. The Labute approximate surface area is 136 Å². The van der Waals surface area contributed by atoms with E-state index in [0.29, 0.717) is 11.1 Å². The first kappa shape index (κ1) is 14.4. The summed E-state index contributed by atoms with van der Waals surface area (Å²) in [4.78, 5) is 12.7. The van der Waals surface area contributed by atoms with Crippen LogP contribution in [0.15, 0.2) is 53.0 Å². The normalized spacial score (nSPS) is 20.0. The minimum absolute atomic E-state index is 0.0719. The zero-order valence-corrected chi connectivity index (χ0v) is 13.4. The fraction of sp³-hybridized carbons (Fsp3) is 0.125. The van der Waals surface area contributed by atoms with Gasteiger partial charge in [-0.1, -0.05) is 58.5 Å². The number of hydrogen-bond donors (Lipinski definition) is 2. The molecule has 0 saturated heterocycles. The van der Waals surface area contributed by atoms with Crippen molar-refractivity contribution in [2.45, 2.75) is 12.0 Å². The summed E-state index contributed by atoms with van der Waals surface area (Å²) >= 11 is 8.56. The lowest BCUT2D eigenvalue weighted by Gasteiger charge is -2.22. The van der Waals surface area contributed by atoms with Crippen LogP contribution in [0.5, 0.6) is 0 Å². The number of halogens is 1. The molecular formula is C16H12BrNO2S. The van der Waals surface area contributed by atoms with Crippen molar-refractivity contribution in [2.24, 2.45) is 0 Å². The molecular weight excluding hydrogens is 350 g/mol. The first-order valence-electron chi connectivity index (χ1n) is 6.43. The molecule has 0 fully saturated rings. The van der Waals surface area contributed by atoms with E-state index in [0.717, 1.165) is 10.2 Å². The third-order valence-corrected chi connectivity index (χ3v) is 4.55. The molecule has 0 radical (unpaired) electrons. The van der Waals surface area contributed by atoms with E-state index in [9.17, 15) is 9.90 Å². The van der Waals surface area contributed by atoms with Crippen molar-refractivity contribution in [3.8, 4) is 0 Å². The van der Waals surface area contributed by atoms with E-state index in [2.05, 4.69) is 21.2 Å². The second kappa shape index (κ2) is 5.33. The maximum Gasteiger partial charge on any atom is 0.166 e. The van der Waals surface area contributed by atoms with Crippen molar-refractivity contribution in [3.63, 3.8) is 0 Å². The first-order valence-corrected chi connectivity index (χ1v) is 7.63. The highest BCUT2D eigenvalue weighted by atomic mass is 79.9. The number of carbonyl (C=O) groups is 1. The number of hydrogen-bond acceptors (Lipinski definition) is 3. The lowest BCUT2D eigenvalue weighted by molar-refractivity contribution is 0.0753. The van der Waals surface area contributed by atoms with Crippen molar-refractivity contribution in [1.82, 2.24) is 0 Å². The Hall–Kier alpha value is -1.56. The number of para-hydroxylation sites is 1. The Balaban J connectivity index is 1.92. The van der Waals surface area contributed by atoms with Crippen LogP contribution in [0, 0.1) is 0 Å². The number of rotatable bonds is 3. The number of Topliss-reactive ketones (excluding diaryl/α,β-unsaturated/α-hetero) is 1. The standard InChI is InChI=1S/C16H12BrNO2S/c17-11-7-5-10(6-8-11)14(19)9-16(20)12-3-1-2-4-13(12)18-15(16)21/h1-8,20H,9H2,(H,18,21)/t16-/m1/s1. The molecule has 5 heteroatoms. The zero-order valence-electron chi connectivity index (χ0n) is 11.0. The van der Waals surface area contributed by atoms with Crippen molar-refractivity contribution >= 4 is 44.6 Å². The number of ketones is 1. The molecule has 0 unspecified atom stereocenters. The Morgan fingerprint density at radius 1 is 1.19 bits per heavy atom. The largest absolute Gasteiger partial charge is 0.377 e. The number of fused-ring (bicyclic) bond motifs is 1. The molecule has 2 N–H and O–H groups in total. The van der Waals surface area contributed by atoms with Crippen LogP contribution in [0.2, 0.25) is 0 Å². The Bertz CT molecular complexity index is 729. The van der Waals surface area contributed by atoms with Gasteiger partial charge in [0.15, 0.2) is 5.78 Å². The van der Waals surface area contributed by atoms with Crippen LogP contribution in [0.4, 0.5) is 5.69 Å². The number of nitrogens with one attached hydrogen (secondary N) is 1. The molecule has 1 aliphatic heterocycles. The smallest absolute Gasteiger partial charge is 0.166 e. The molecule has 106 valence electrons. The fourth-order valence-electron chi connectivity index (χ4n) is 2.45. The zero-order chi connectivity index (χ0) is 15.0. The van der Waals surface area contributed by atoms with Gasteiger partial charge in [0.1, 0.15) is 10.6 Å². The van der Waals surface area contributed by atoms with Crippen LogP contribution in [0.25, 0.3) is 0 Å². The van der Waals surface area contributed by atoms with Crippen LogP contribution in [0.1, 0.15) is 22.3 Å². The molecule has 0 saturated carbocycles. The number of carbonyl (C=O) groups excluding carboxylic acids is 1. The van der Waals surface area contributed by atoms with Gasteiger partial charge in [0.05, 0.1) is 6.42 Å². The molecule has 1 heterocycles. The summed E-state index contributed by atoms with van der Waals surface area (Å²) in [6, 6.07) is 14.4. The second-order valence-corrected chi connectivity index (χ2v) is 6.29. The van der Waals surface area contributed by atoms with Gasteiger partial charge in [-0.25, -0.2) is 0 Å². The SMILES string of the molecule is O=C(C[C@]1(O)C(=S)Nc2ccccc21)c1ccc(Br)cc1. The molecule has 3 rings (SSSR count). The van der Waals surface area contributed by atoms with Crippen LogP contribution in [-0.4, -0.2) is 15.9 Å².